The number of esters is 2. The Morgan fingerprint density at radius 3 is 2.23 bits per heavy atom. The summed E-state index contributed by atoms with van der Waals surface area (Å²) < 4.78 is 34.9. The second-order valence-corrected chi connectivity index (χ2v) is 5.65. The molecule has 9 nitrogen and oxygen atoms in total. The summed E-state index contributed by atoms with van der Waals surface area (Å²) in [6.07, 6.45) is 0. The molecule has 2 N–H and O–H groups in total. The van der Waals surface area contributed by atoms with Gasteiger partial charge in [-0.2, -0.15) is 4.72 Å². The van der Waals surface area contributed by atoms with E-state index in [1.54, 1.807) is 4.72 Å². The van der Waals surface area contributed by atoms with Crippen LogP contribution in [0.4, 0.5) is 0 Å². The van der Waals surface area contributed by atoms with E-state index in [0.717, 1.165) is 26.4 Å². The van der Waals surface area contributed by atoms with Gasteiger partial charge in [-0.1, -0.05) is 0 Å². The molecule has 0 heterocycles. The number of carboxylic acid groups (broad SMARTS) is 1. The molecule has 1 rings (SSSR count). The second-order valence-electron chi connectivity index (χ2n) is 3.91. The Hall–Kier alpha value is -2.46. The van der Waals surface area contributed by atoms with Gasteiger partial charge < -0.3 is 14.6 Å². The van der Waals surface area contributed by atoms with E-state index >= 15 is 0 Å². The highest BCUT2D eigenvalue weighted by atomic mass is 32.2. The van der Waals surface area contributed by atoms with Crippen LogP contribution < -0.4 is 4.72 Å². The van der Waals surface area contributed by atoms with Crippen LogP contribution in [0.25, 0.3) is 0 Å². The molecule has 0 bridgehead atoms. The molecule has 0 aliphatic rings. The second kappa shape index (κ2) is 7.00. The van der Waals surface area contributed by atoms with Gasteiger partial charge in [0.25, 0.3) is 0 Å². The van der Waals surface area contributed by atoms with Gasteiger partial charge in [0.2, 0.25) is 10.0 Å². The van der Waals surface area contributed by atoms with Crippen molar-refractivity contribution in [2.24, 2.45) is 0 Å². The van der Waals surface area contributed by atoms with Crippen molar-refractivity contribution < 1.29 is 37.4 Å². The Morgan fingerprint density at radius 2 is 1.73 bits per heavy atom. The van der Waals surface area contributed by atoms with Crippen molar-refractivity contribution in [3.63, 3.8) is 0 Å². The number of rotatable bonds is 6. The van der Waals surface area contributed by atoms with E-state index in [9.17, 15) is 22.8 Å². The topological polar surface area (TPSA) is 136 Å². The predicted octanol–water partition coefficient (Wildman–Crippen LogP) is -0.377. The highest BCUT2D eigenvalue weighted by Gasteiger charge is 2.25. The summed E-state index contributed by atoms with van der Waals surface area (Å²) in [5, 5.41) is 8.54. The molecule has 0 aliphatic heterocycles. The third kappa shape index (κ3) is 4.02. The lowest BCUT2D eigenvalue weighted by Crippen LogP contribution is -2.30. The van der Waals surface area contributed by atoms with E-state index in [2.05, 4.69) is 9.47 Å². The van der Waals surface area contributed by atoms with Gasteiger partial charge in [-0.25, -0.2) is 18.0 Å². The molecule has 0 fully saturated rings. The maximum atomic E-state index is 12.1. The molecule has 1 aromatic rings. The minimum atomic E-state index is -4.34. The van der Waals surface area contributed by atoms with Gasteiger partial charge in [-0.3, -0.25) is 4.79 Å². The van der Waals surface area contributed by atoms with Crippen LogP contribution in [0.15, 0.2) is 23.1 Å². The largest absolute Gasteiger partial charge is 0.480 e. The fourth-order valence-corrected chi connectivity index (χ4v) is 2.69. The first kappa shape index (κ1) is 17.6. The highest BCUT2D eigenvalue weighted by molar-refractivity contribution is 7.89. The first-order valence-electron chi connectivity index (χ1n) is 5.75. The lowest BCUT2D eigenvalue weighted by molar-refractivity contribution is -0.135. The van der Waals surface area contributed by atoms with Crippen molar-refractivity contribution in [3.8, 4) is 0 Å². The van der Waals surface area contributed by atoms with E-state index in [1.807, 2.05) is 0 Å². The number of hydrogen-bond donors (Lipinski definition) is 2. The molecule has 0 amide bonds. The number of carbonyl (C=O) groups is 3. The summed E-state index contributed by atoms with van der Waals surface area (Å²) in [4.78, 5) is 33.0. The number of benzene rings is 1. The van der Waals surface area contributed by atoms with Crippen molar-refractivity contribution in [3.05, 3.63) is 29.3 Å². The molecule has 22 heavy (non-hydrogen) atoms. The van der Waals surface area contributed by atoms with Crippen molar-refractivity contribution >= 4 is 27.9 Å². The molecule has 0 saturated carbocycles. The first-order chi connectivity index (χ1) is 10.2. The van der Waals surface area contributed by atoms with Crippen LogP contribution in [0.3, 0.4) is 0 Å². The quantitative estimate of drug-likeness (QED) is 0.673. The molecular weight excluding hydrogens is 318 g/mol. The van der Waals surface area contributed by atoms with Crippen LogP contribution in [-0.4, -0.2) is 52.2 Å². The zero-order valence-electron chi connectivity index (χ0n) is 11.7. The van der Waals surface area contributed by atoms with Crippen LogP contribution >= 0.6 is 0 Å². The van der Waals surface area contributed by atoms with Gasteiger partial charge in [0.15, 0.2) is 0 Å². The monoisotopic (exact) mass is 331 g/mol. The lowest BCUT2D eigenvalue weighted by atomic mass is 10.1. The number of carboxylic acids is 1. The summed E-state index contributed by atoms with van der Waals surface area (Å²) in [5.41, 5.74) is -0.459. The molecule has 0 radical (unpaired) electrons. The zero-order valence-corrected chi connectivity index (χ0v) is 12.5. The summed E-state index contributed by atoms with van der Waals surface area (Å²) in [5.74, 6) is -3.18. The SMILES string of the molecule is COC(=O)c1ccc(C(=O)OC)c(S(=O)(=O)NCC(=O)O)c1. The number of aliphatic carboxylic acids is 1. The van der Waals surface area contributed by atoms with Crippen molar-refractivity contribution in [1.29, 1.82) is 0 Å². The third-order valence-electron chi connectivity index (χ3n) is 2.51. The van der Waals surface area contributed by atoms with Crippen LogP contribution in [0.2, 0.25) is 0 Å². The molecule has 120 valence electrons. The Morgan fingerprint density at radius 1 is 1.14 bits per heavy atom. The molecule has 0 aliphatic carbocycles. The minimum Gasteiger partial charge on any atom is -0.480 e. The normalized spacial score (nSPS) is 10.8. The first-order valence-corrected chi connectivity index (χ1v) is 7.23. The number of sulfonamides is 1. The smallest absolute Gasteiger partial charge is 0.339 e. The zero-order chi connectivity index (χ0) is 16.9. The van der Waals surface area contributed by atoms with Crippen LogP contribution in [-0.2, 0) is 24.3 Å². The number of hydrogen-bond acceptors (Lipinski definition) is 7. The Labute approximate surface area is 125 Å². The number of methoxy groups -OCH3 is 2. The van der Waals surface area contributed by atoms with Gasteiger partial charge in [-0.05, 0) is 18.2 Å². The van der Waals surface area contributed by atoms with Gasteiger partial charge >= 0.3 is 17.9 Å². The molecule has 0 unspecified atom stereocenters. The molecule has 0 aromatic heterocycles. The summed E-state index contributed by atoms with van der Waals surface area (Å²) in [6, 6.07) is 3.17. The van der Waals surface area contributed by atoms with Gasteiger partial charge in [0.05, 0.1) is 30.2 Å². The molecular formula is C12H13NO8S. The predicted molar refractivity (Wildman–Crippen MR) is 71.9 cm³/mol. The summed E-state index contributed by atoms with van der Waals surface area (Å²) in [7, 11) is -2.19. The number of ether oxygens (including phenoxy) is 2. The van der Waals surface area contributed by atoms with Gasteiger partial charge in [0, 0.05) is 0 Å². The number of nitrogens with one attached hydrogen (secondary N) is 1. The molecule has 0 atom stereocenters. The average Bonchev–Trinajstić information content (AvgIpc) is 2.50. The van der Waals surface area contributed by atoms with E-state index in [-0.39, 0.29) is 11.1 Å². The van der Waals surface area contributed by atoms with E-state index < -0.39 is 39.4 Å². The third-order valence-corrected chi connectivity index (χ3v) is 3.95. The van der Waals surface area contributed by atoms with Crippen LogP contribution in [0, 0.1) is 0 Å². The summed E-state index contributed by atoms with van der Waals surface area (Å²) in [6.45, 7) is -0.884. The van der Waals surface area contributed by atoms with E-state index in [4.69, 9.17) is 5.11 Å². The van der Waals surface area contributed by atoms with Crippen molar-refractivity contribution in [1.82, 2.24) is 4.72 Å². The van der Waals surface area contributed by atoms with Gasteiger partial charge in [0.1, 0.15) is 6.54 Å². The van der Waals surface area contributed by atoms with Crippen molar-refractivity contribution in [2.75, 3.05) is 20.8 Å². The van der Waals surface area contributed by atoms with Crippen LogP contribution in [0.5, 0.6) is 0 Å². The Bertz CT molecular complexity index is 710. The lowest BCUT2D eigenvalue weighted by Gasteiger charge is -2.10. The molecule has 10 heteroatoms. The Kier molecular flexibility index (Phi) is 5.60. The fraction of sp³-hybridized carbons (Fsp3) is 0.250. The van der Waals surface area contributed by atoms with Crippen LogP contribution in [0.1, 0.15) is 20.7 Å². The molecule has 0 spiro atoms. The van der Waals surface area contributed by atoms with E-state index in [1.165, 1.54) is 6.07 Å². The Balaban J connectivity index is 3.42. The summed E-state index contributed by atoms with van der Waals surface area (Å²) >= 11 is 0. The molecule has 1 aromatic carbocycles. The van der Waals surface area contributed by atoms with E-state index in [0.29, 0.717) is 0 Å². The van der Waals surface area contributed by atoms with Crippen molar-refractivity contribution in [2.45, 2.75) is 4.90 Å². The number of carbonyl (C=O) groups excluding carboxylic acids is 2. The maximum Gasteiger partial charge on any atom is 0.339 e. The minimum absolute atomic E-state index is 0.120. The standard InChI is InChI=1S/C12H13NO8S/c1-20-11(16)7-3-4-8(12(17)21-2)9(5-7)22(18,19)13-6-10(14)15/h3-5,13H,6H2,1-2H3,(H,14,15). The highest BCUT2D eigenvalue weighted by Crippen LogP contribution is 2.19. The maximum absolute atomic E-state index is 12.1. The fourth-order valence-electron chi connectivity index (χ4n) is 1.50. The van der Waals surface area contributed by atoms with Gasteiger partial charge in [-0.15, -0.1) is 0 Å². The molecule has 0 saturated heterocycles. The average molecular weight is 331 g/mol.